The molecule has 0 bridgehead atoms. The Morgan fingerprint density at radius 2 is 2.22 bits per heavy atom. The Kier molecular flexibility index (Phi) is 4.95. The minimum atomic E-state index is -0.0391. The van der Waals surface area contributed by atoms with Crippen molar-refractivity contribution in [3.63, 3.8) is 0 Å². The summed E-state index contributed by atoms with van der Waals surface area (Å²) in [6.07, 6.45) is 7.47. The summed E-state index contributed by atoms with van der Waals surface area (Å²) < 4.78 is 10.5. The highest BCUT2D eigenvalue weighted by Crippen LogP contribution is 2.38. The SMILES string of the molecule is CCOC1=CC=C(C(=O)NCCNc2nc(C3CC3)no2)CC1. The third-order valence-electron chi connectivity index (χ3n) is 3.80. The molecule has 0 spiro atoms. The fourth-order valence-electron chi connectivity index (χ4n) is 2.39. The predicted octanol–water partition coefficient (Wildman–Crippen LogP) is 2.12. The average molecular weight is 318 g/mol. The Hall–Kier alpha value is -2.31. The highest BCUT2D eigenvalue weighted by atomic mass is 16.5. The number of aromatic nitrogens is 2. The molecule has 2 aliphatic rings. The second-order valence-corrected chi connectivity index (χ2v) is 5.67. The second kappa shape index (κ2) is 7.30. The maximum atomic E-state index is 12.0. The molecule has 1 amide bonds. The van der Waals surface area contributed by atoms with Gasteiger partial charge in [-0.15, -0.1) is 0 Å². The quantitative estimate of drug-likeness (QED) is 0.714. The molecule has 7 heteroatoms. The van der Waals surface area contributed by atoms with Crippen molar-refractivity contribution in [1.82, 2.24) is 15.5 Å². The molecule has 124 valence electrons. The van der Waals surface area contributed by atoms with E-state index in [1.165, 1.54) is 0 Å². The normalized spacial score (nSPS) is 17.3. The molecule has 2 aliphatic carbocycles. The Labute approximate surface area is 135 Å². The van der Waals surface area contributed by atoms with Crippen molar-refractivity contribution in [1.29, 1.82) is 0 Å². The molecule has 0 radical (unpaired) electrons. The molecule has 1 aromatic rings. The summed E-state index contributed by atoms with van der Waals surface area (Å²) in [6, 6.07) is 0.419. The maximum Gasteiger partial charge on any atom is 0.321 e. The smallest absolute Gasteiger partial charge is 0.321 e. The van der Waals surface area contributed by atoms with Crippen molar-refractivity contribution in [2.75, 3.05) is 25.0 Å². The molecule has 0 aromatic carbocycles. The molecule has 0 saturated heterocycles. The van der Waals surface area contributed by atoms with Crippen LogP contribution in [0.1, 0.15) is 44.3 Å². The zero-order valence-electron chi connectivity index (χ0n) is 13.3. The largest absolute Gasteiger partial charge is 0.498 e. The molecular formula is C16H22N4O3. The predicted molar refractivity (Wildman–Crippen MR) is 84.8 cm³/mol. The first kappa shape index (κ1) is 15.6. The molecule has 2 N–H and O–H groups in total. The van der Waals surface area contributed by atoms with Crippen LogP contribution < -0.4 is 10.6 Å². The number of amides is 1. The van der Waals surface area contributed by atoms with Crippen LogP contribution in [0.2, 0.25) is 0 Å². The highest BCUT2D eigenvalue weighted by molar-refractivity contribution is 5.93. The zero-order chi connectivity index (χ0) is 16.1. The lowest BCUT2D eigenvalue weighted by Crippen LogP contribution is -2.30. The van der Waals surface area contributed by atoms with Gasteiger partial charge in [0.1, 0.15) is 0 Å². The van der Waals surface area contributed by atoms with E-state index in [9.17, 15) is 4.79 Å². The minimum Gasteiger partial charge on any atom is -0.498 e. The highest BCUT2D eigenvalue weighted by Gasteiger charge is 2.28. The summed E-state index contributed by atoms with van der Waals surface area (Å²) in [6.45, 7) is 3.66. The Balaban J connectivity index is 1.37. The lowest BCUT2D eigenvalue weighted by atomic mass is 10.0. The van der Waals surface area contributed by atoms with Crippen molar-refractivity contribution in [3.05, 3.63) is 29.3 Å². The van der Waals surface area contributed by atoms with E-state index in [2.05, 4.69) is 20.8 Å². The van der Waals surface area contributed by atoms with E-state index >= 15 is 0 Å². The van der Waals surface area contributed by atoms with E-state index in [0.29, 0.717) is 38.0 Å². The van der Waals surface area contributed by atoms with Crippen LogP contribution >= 0.6 is 0 Å². The van der Waals surface area contributed by atoms with Crippen LogP contribution in [0.25, 0.3) is 0 Å². The van der Waals surface area contributed by atoms with E-state index in [4.69, 9.17) is 9.26 Å². The first-order valence-corrected chi connectivity index (χ1v) is 8.14. The molecule has 1 heterocycles. The van der Waals surface area contributed by atoms with Crippen LogP contribution in [0, 0.1) is 0 Å². The number of hydrogen-bond acceptors (Lipinski definition) is 6. The van der Waals surface area contributed by atoms with Gasteiger partial charge in [0.05, 0.1) is 12.4 Å². The van der Waals surface area contributed by atoms with Crippen molar-refractivity contribution in [3.8, 4) is 0 Å². The van der Waals surface area contributed by atoms with Gasteiger partial charge in [0.15, 0.2) is 5.82 Å². The van der Waals surface area contributed by atoms with E-state index < -0.39 is 0 Å². The standard InChI is InChI=1S/C16H22N4O3/c1-2-22-13-7-5-12(6-8-13)15(21)17-9-10-18-16-19-14(20-23-16)11-3-4-11/h5,7,11H,2-4,6,8-10H2,1H3,(H,17,21)(H,18,19,20). The van der Waals surface area contributed by atoms with Crippen molar-refractivity contribution in [2.24, 2.45) is 0 Å². The molecule has 0 unspecified atom stereocenters. The fourth-order valence-corrected chi connectivity index (χ4v) is 2.39. The Morgan fingerprint density at radius 3 is 2.91 bits per heavy atom. The summed E-state index contributed by atoms with van der Waals surface area (Å²) in [7, 11) is 0. The molecule has 23 heavy (non-hydrogen) atoms. The van der Waals surface area contributed by atoms with Crippen molar-refractivity contribution < 1.29 is 14.1 Å². The van der Waals surface area contributed by atoms with Gasteiger partial charge in [-0.25, -0.2) is 0 Å². The van der Waals surface area contributed by atoms with Crippen LogP contribution in [0.4, 0.5) is 6.01 Å². The number of ether oxygens (including phenoxy) is 1. The van der Waals surface area contributed by atoms with E-state index in [1.807, 2.05) is 19.1 Å². The van der Waals surface area contributed by atoms with Crippen LogP contribution in [-0.4, -0.2) is 35.7 Å². The average Bonchev–Trinajstić information content (AvgIpc) is 3.31. The van der Waals surface area contributed by atoms with Crippen LogP contribution in [0.3, 0.4) is 0 Å². The van der Waals surface area contributed by atoms with Gasteiger partial charge in [-0.3, -0.25) is 4.79 Å². The van der Waals surface area contributed by atoms with Gasteiger partial charge in [0, 0.05) is 31.0 Å². The fraction of sp³-hybridized carbons (Fsp3) is 0.562. The summed E-state index contributed by atoms with van der Waals surface area (Å²) in [5, 5.41) is 9.83. The van der Waals surface area contributed by atoms with E-state index in [1.54, 1.807) is 0 Å². The van der Waals surface area contributed by atoms with Gasteiger partial charge in [-0.1, -0.05) is 11.2 Å². The van der Waals surface area contributed by atoms with Crippen LogP contribution in [-0.2, 0) is 9.53 Å². The summed E-state index contributed by atoms with van der Waals surface area (Å²) in [4.78, 5) is 16.3. The number of nitrogens with one attached hydrogen (secondary N) is 2. The lowest BCUT2D eigenvalue weighted by molar-refractivity contribution is -0.117. The van der Waals surface area contributed by atoms with Gasteiger partial charge in [0.25, 0.3) is 0 Å². The summed E-state index contributed by atoms with van der Waals surface area (Å²) in [5.74, 6) is 2.15. The number of hydrogen-bond donors (Lipinski definition) is 2. The van der Waals surface area contributed by atoms with Gasteiger partial charge >= 0.3 is 6.01 Å². The Morgan fingerprint density at radius 1 is 1.35 bits per heavy atom. The number of carbonyl (C=O) groups is 1. The number of carbonyl (C=O) groups excluding carboxylic acids is 1. The topological polar surface area (TPSA) is 89.3 Å². The number of anilines is 1. The van der Waals surface area contributed by atoms with Crippen LogP contribution in [0.5, 0.6) is 0 Å². The zero-order valence-corrected chi connectivity index (χ0v) is 13.3. The third-order valence-corrected chi connectivity index (χ3v) is 3.80. The van der Waals surface area contributed by atoms with Gasteiger partial charge < -0.3 is 19.9 Å². The number of rotatable bonds is 8. The molecule has 1 fully saturated rings. The molecule has 0 aliphatic heterocycles. The maximum absolute atomic E-state index is 12.0. The van der Waals surface area contributed by atoms with Gasteiger partial charge in [0.2, 0.25) is 5.91 Å². The van der Waals surface area contributed by atoms with Gasteiger partial charge in [-0.05, 0) is 32.3 Å². The van der Waals surface area contributed by atoms with Crippen molar-refractivity contribution >= 4 is 11.9 Å². The molecule has 3 rings (SSSR count). The Bertz CT molecular complexity index is 617. The van der Waals surface area contributed by atoms with E-state index in [-0.39, 0.29) is 5.91 Å². The summed E-state index contributed by atoms with van der Waals surface area (Å²) >= 11 is 0. The third kappa shape index (κ3) is 4.34. The number of allylic oxidation sites excluding steroid dienone is 3. The van der Waals surface area contributed by atoms with Gasteiger partial charge in [-0.2, -0.15) is 4.98 Å². The second-order valence-electron chi connectivity index (χ2n) is 5.67. The minimum absolute atomic E-state index is 0.0391. The summed E-state index contributed by atoms with van der Waals surface area (Å²) in [5.41, 5.74) is 0.780. The molecule has 7 nitrogen and oxygen atoms in total. The first-order valence-electron chi connectivity index (χ1n) is 8.14. The number of nitrogens with zero attached hydrogens (tertiary/aromatic N) is 2. The molecule has 1 aromatic heterocycles. The first-order chi connectivity index (χ1) is 11.3. The van der Waals surface area contributed by atoms with Crippen molar-refractivity contribution in [2.45, 2.75) is 38.5 Å². The lowest BCUT2D eigenvalue weighted by Gasteiger charge is -2.14. The molecule has 0 atom stereocenters. The molecular weight excluding hydrogens is 296 g/mol. The van der Waals surface area contributed by atoms with E-state index in [0.717, 1.165) is 36.4 Å². The van der Waals surface area contributed by atoms with Crippen LogP contribution in [0.15, 0.2) is 28.0 Å². The molecule has 1 saturated carbocycles. The monoisotopic (exact) mass is 318 g/mol.